The molecule has 0 saturated carbocycles. The molecule has 5 nitrogen and oxygen atoms in total. The van der Waals surface area contributed by atoms with Crippen LogP contribution in [0.4, 0.5) is 11.4 Å². The fourth-order valence-electron chi connectivity index (χ4n) is 2.97. The van der Waals surface area contributed by atoms with Crippen molar-refractivity contribution >= 4 is 21.4 Å². The van der Waals surface area contributed by atoms with Crippen molar-refractivity contribution in [2.24, 2.45) is 0 Å². The van der Waals surface area contributed by atoms with Crippen molar-refractivity contribution in [1.29, 1.82) is 0 Å². The number of anilines is 2. The summed E-state index contributed by atoms with van der Waals surface area (Å²) >= 11 is 0. The standard InChI is InChI=1S/C14H20N2O3S/c1-10-8-11-2-5-16(14(11)9-13(10)15)20(17,18)12-3-6-19-7-4-12/h8-9,12H,2-7,15H2,1H3. The molecule has 2 N–H and O–H groups in total. The van der Waals surface area contributed by atoms with Crippen molar-refractivity contribution in [2.45, 2.75) is 31.4 Å². The van der Waals surface area contributed by atoms with Crippen LogP contribution in [0.5, 0.6) is 0 Å². The summed E-state index contributed by atoms with van der Waals surface area (Å²) in [5.41, 5.74) is 9.43. The summed E-state index contributed by atoms with van der Waals surface area (Å²) in [6, 6.07) is 3.80. The molecule has 3 rings (SSSR count). The molecule has 1 fully saturated rings. The Balaban J connectivity index is 1.95. The number of aryl methyl sites for hydroxylation is 1. The second kappa shape index (κ2) is 4.93. The highest BCUT2D eigenvalue weighted by Gasteiger charge is 2.37. The lowest BCUT2D eigenvalue weighted by Gasteiger charge is -2.28. The van der Waals surface area contributed by atoms with Crippen LogP contribution in [0.2, 0.25) is 0 Å². The molecule has 20 heavy (non-hydrogen) atoms. The molecule has 2 aliphatic rings. The van der Waals surface area contributed by atoms with Gasteiger partial charge in [0.1, 0.15) is 0 Å². The van der Waals surface area contributed by atoms with Crippen LogP contribution in [0.3, 0.4) is 0 Å². The van der Waals surface area contributed by atoms with Gasteiger partial charge in [0.2, 0.25) is 10.0 Å². The van der Waals surface area contributed by atoms with Gasteiger partial charge in [-0.05, 0) is 43.4 Å². The Labute approximate surface area is 119 Å². The van der Waals surface area contributed by atoms with Gasteiger partial charge in [0, 0.05) is 25.4 Å². The van der Waals surface area contributed by atoms with Crippen molar-refractivity contribution < 1.29 is 13.2 Å². The first-order valence-corrected chi connectivity index (χ1v) is 8.49. The Hall–Kier alpha value is -1.27. The zero-order valence-corrected chi connectivity index (χ0v) is 12.4. The van der Waals surface area contributed by atoms with Crippen LogP contribution in [-0.2, 0) is 21.2 Å². The Kier molecular flexibility index (Phi) is 3.38. The maximum absolute atomic E-state index is 12.8. The maximum atomic E-state index is 12.8. The fraction of sp³-hybridized carbons (Fsp3) is 0.571. The molecular formula is C14H20N2O3S. The summed E-state index contributed by atoms with van der Waals surface area (Å²) in [5, 5.41) is -0.329. The Morgan fingerprint density at radius 3 is 2.70 bits per heavy atom. The van der Waals surface area contributed by atoms with Crippen LogP contribution < -0.4 is 10.0 Å². The molecule has 0 amide bonds. The summed E-state index contributed by atoms with van der Waals surface area (Å²) in [6.07, 6.45) is 1.92. The van der Waals surface area contributed by atoms with Gasteiger partial charge in [0.25, 0.3) is 0 Å². The minimum absolute atomic E-state index is 0.329. The monoisotopic (exact) mass is 296 g/mol. The number of hydrogen-bond acceptors (Lipinski definition) is 4. The summed E-state index contributed by atoms with van der Waals surface area (Å²) in [7, 11) is -3.31. The van der Waals surface area contributed by atoms with E-state index >= 15 is 0 Å². The topological polar surface area (TPSA) is 72.6 Å². The minimum Gasteiger partial charge on any atom is -0.398 e. The number of nitrogens with two attached hydrogens (primary N) is 1. The third-order valence-corrected chi connectivity index (χ3v) is 6.52. The molecule has 6 heteroatoms. The zero-order valence-electron chi connectivity index (χ0n) is 11.6. The largest absolute Gasteiger partial charge is 0.398 e. The summed E-state index contributed by atoms with van der Waals surface area (Å²) < 4.78 is 32.4. The minimum atomic E-state index is -3.31. The van der Waals surface area contributed by atoms with Crippen molar-refractivity contribution in [3.63, 3.8) is 0 Å². The first-order valence-electron chi connectivity index (χ1n) is 6.98. The smallest absolute Gasteiger partial charge is 0.238 e. The highest BCUT2D eigenvalue weighted by molar-refractivity contribution is 7.93. The van der Waals surface area contributed by atoms with Gasteiger partial charge < -0.3 is 10.5 Å². The van der Waals surface area contributed by atoms with Gasteiger partial charge in [-0.1, -0.05) is 6.07 Å². The molecule has 1 aromatic carbocycles. The molecule has 0 aliphatic carbocycles. The van der Waals surface area contributed by atoms with Crippen molar-refractivity contribution in [1.82, 2.24) is 0 Å². The molecule has 0 atom stereocenters. The Morgan fingerprint density at radius 1 is 1.30 bits per heavy atom. The Bertz CT molecular complexity index is 622. The molecule has 1 aromatic rings. The second-order valence-electron chi connectivity index (χ2n) is 5.52. The third kappa shape index (κ3) is 2.16. The number of ether oxygens (including phenoxy) is 1. The molecule has 2 aliphatic heterocycles. The summed E-state index contributed by atoms with van der Waals surface area (Å²) in [6.45, 7) is 3.53. The third-order valence-electron chi connectivity index (χ3n) is 4.22. The lowest BCUT2D eigenvalue weighted by molar-refractivity contribution is 0.0983. The van der Waals surface area contributed by atoms with Gasteiger partial charge in [-0.3, -0.25) is 4.31 Å². The SMILES string of the molecule is Cc1cc2c(cc1N)N(S(=O)(=O)C1CCOCC1)CC2. The average molecular weight is 296 g/mol. The van der Waals surface area contributed by atoms with E-state index in [2.05, 4.69) is 0 Å². The Morgan fingerprint density at radius 2 is 2.00 bits per heavy atom. The first-order chi connectivity index (χ1) is 9.50. The van der Waals surface area contributed by atoms with E-state index < -0.39 is 10.0 Å². The van der Waals surface area contributed by atoms with Crippen LogP contribution in [-0.4, -0.2) is 33.4 Å². The van der Waals surface area contributed by atoms with Crippen molar-refractivity contribution in [3.05, 3.63) is 23.3 Å². The highest BCUT2D eigenvalue weighted by Crippen LogP contribution is 2.36. The number of benzene rings is 1. The molecule has 1 saturated heterocycles. The summed E-state index contributed by atoms with van der Waals surface area (Å²) in [5.74, 6) is 0. The molecule has 110 valence electrons. The molecular weight excluding hydrogens is 276 g/mol. The van der Waals surface area contributed by atoms with Crippen LogP contribution in [0.15, 0.2) is 12.1 Å². The number of sulfonamides is 1. The molecule has 0 bridgehead atoms. The second-order valence-corrected chi connectivity index (χ2v) is 7.65. The van der Waals surface area contributed by atoms with E-state index in [1.807, 2.05) is 13.0 Å². The lowest BCUT2D eigenvalue weighted by Crippen LogP contribution is -2.40. The molecule has 0 spiro atoms. The normalized spacial score (nSPS) is 20.1. The van der Waals surface area contributed by atoms with E-state index in [9.17, 15) is 8.42 Å². The molecule has 0 unspecified atom stereocenters. The predicted octanol–water partition coefficient (Wildman–Crippen LogP) is 1.45. The van der Waals surface area contributed by atoms with Gasteiger partial charge in [0.05, 0.1) is 10.9 Å². The highest BCUT2D eigenvalue weighted by atomic mass is 32.2. The molecule has 0 aromatic heterocycles. The average Bonchev–Trinajstić information content (AvgIpc) is 2.84. The van der Waals surface area contributed by atoms with E-state index in [0.29, 0.717) is 38.3 Å². The van der Waals surface area contributed by atoms with Crippen LogP contribution in [0, 0.1) is 6.92 Å². The van der Waals surface area contributed by atoms with E-state index in [4.69, 9.17) is 10.5 Å². The van der Waals surface area contributed by atoms with E-state index in [0.717, 1.165) is 23.2 Å². The van der Waals surface area contributed by atoms with Crippen LogP contribution in [0.25, 0.3) is 0 Å². The fourth-order valence-corrected chi connectivity index (χ4v) is 4.90. The number of fused-ring (bicyclic) bond motifs is 1. The first kappa shape index (κ1) is 13.7. The van der Waals surface area contributed by atoms with Gasteiger partial charge in [0.15, 0.2) is 0 Å². The van der Waals surface area contributed by atoms with E-state index in [1.165, 1.54) is 0 Å². The predicted molar refractivity (Wildman–Crippen MR) is 79.4 cm³/mol. The molecule has 0 radical (unpaired) electrons. The van der Waals surface area contributed by atoms with Gasteiger partial charge in [-0.2, -0.15) is 0 Å². The number of nitrogen functional groups attached to an aromatic ring is 1. The van der Waals surface area contributed by atoms with E-state index in [-0.39, 0.29) is 5.25 Å². The number of rotatable bonds is 2. The van der Waals surface area contributed by atoms with Crippen molar-refractivity contribution in [2.75, 3.05) is 29.8 Å². The van der Waals surface area contributed by atoms with Crippen LogP contribution >= 0.6 is 0 Å². The molecule has 2 heterocycles. The van der Waals surface area contributed by atoms with Gasteiger partial charge in [-0.15, -0.1) is 0 Å². The maximum Gasteiger partial charge on any atom is 0.238 e. The van der Waals surface area contributed by atoms with Crippen LogP contribution in [0.1, 0.15) is 24.0 Å². The van der Waals surface area contributed by atoms with E-state index in [1.54, 1.807) is 10.4 Å². The van der Waals surface area contributed by atoms with Gasteiger partial charge >= 0.3 is 0 Å². The van der Waals surface area contributed by atoms with Gasteiger partial charge in [-0.25, -0.2) is 8.42 Å². The zero-order chi connectivity index (χ0) is 14.3. The lowest BCUT2D eigenvalue weighted by atomic mass is 10.1. The van der Waals surface area contributed by atoms with Crippen molar-refractivity contribution in [3.8, 4) is 0 Å². The number of nitrogens with zero attached hydrogens (tertiary/aromatic N) is 1. The quantitative estimate of drug-likeness (QED) is 0.838. The number of hydrogen-bond donors (Lipinski definition) is 1. The summed E-state index contributed by atoms with van der Waals surface area (Å²) in [4.78, 5) is 0.